The van der Waals surface area contributed by atoms with Gasteiger partial charge in [-0.3, -0.25) is 13.9 Å². The van der Waals surface area contributed by atoms with E-state index in [2.05, 4.69) is 0 Å². The second-order valence-corrected chi connectivity index (χ2v) is 10.1. The Balaban J connectivity index is 1.92. The fourth-order valence-electron chi connectivity index (χ4n) is 4.66. The zero-order valence-electron chi connectivity index (χ0n) is 20.1. The van der Waals surface area contributed by atoms with Gasteiger partial charge >= 0.3 is 5.69 Å². The number of aromatic nitrogens is 2. The monoisotopic (exact) mass is 519 g/mol. The average molecular weight is 520 g/mol. The van der Waals surface area contributed by atoms with Gasteiger partial charge in [-0.15, -0.1) is 0 Å². The Labute approximate surface area is 210 Å². The minimum atomic E-state index is -0.829. The van der Waals surface area contributed by atoms with E-state index in [1.54, 1.807) is 0 Å². The Morgan fingerprint density at radius 2 is 1.69 bits per heavy atom. The molecule has 0 amide bonds. The van der Waals surface area contributed by atoms with Gasteiger partial charge in [0.1, 0.15) is 11.6 Å². The largest absolute Gasteiger partial charge is 0.494 e. The van der Waals surface area contributed by atoms with Crippen LogP contribution in [0.5, 0.6) is 5.75 Å². The van der Waals surface area contributed by atoms with E-state index in [0.29, 0.717) is 0 Å². The van der Waals surface area contributed by atoms with Crippen molar-refractivity contribution < 1.29 is 17.9 Å². The van der Waals surface area contributed by atoms with Crippen molar-refractivity contribution in [1.82, 2.24) is 9.13 Å². The Kier molecular flexibility index (Phi) is 7.94. The van der Waals surface area contributed by atoms with Crippen molar-refractivity contribution in [3.63, 3.8) is 0 Å². The van der Waals surface area contributed by atoms with Crippen LogP contribution in [0.4, 0.5) is 13.2 Å². The number of rotatable bonds is 7. The first-order valence-electron chi connectivity index (χ1n) is 11.7. The molecular weight excluding hydrogens is 491 g/mol. The summed E-state index contributed by atoms with van der Waals surface area (Å²) in [5.74, 6) is -0.506. The number of halogens is 3. The van der Waals surface area contributed by atoms with Gasteiger partial charge in [-0.2, -0.15) is 11.8 Å². The fraction of sp³-hybridized carbons (Fsp3) is 0.385. The lowest BCUT2D eigenvalue weighted by molar-refractivity contribution is 0.346. The lowest BCUT2D eigenvalue weighted by Gasteiger charge is -2.28. The van der Waals surface area contributed by atoms with Crippen LogP contribution in [0.15, 0.2) is 46.0 Å². The van der Waals surface area contributed by atoms with Crippen molar-refractivity contribution in [2.24, 2.45) is 11.7 Å². The van der Waals surface area contributed by atoms with E-state index < -0.39 is 41.3 Å². The van der Waals surface area contributed by atoms with Crippen molar-refractivity contribution in [3.05, 3.63) is 85.9 Å². The summed E-state index contributed by atoms with van der Waals surface area (Å²) in [6.07, 6.45) is 1.72. The molecule has 36 heavy (non-hydrogen) atoms. The molecule has 0 aliphatic carbocycles. The molecule has 0 spiro atoms. The van der Waals surface area contributed by atoms with Crippen molar-refractivity contribution >= 4 is 11.8 Å². The summed E-state index contributed by atoms with van der Waals surface area (Å²) in [5.41, 5.74) is 4.56. The van der Waals surface area contributed by atoms with Gasteiger partial charge in [0.2, 0.25) is 0 Å². The molecule has 6 nitrogen and oxygen atoms in total. The van der Waals surface area contributed by atoms with E-state index >= 15 is 4.39 Å². The van der Waals surface area contributed by atoms with Gasteiger partial charge < -0.3 is 10.5 Å². The second-order valence-electron chi connectivity index (χ2n) is 8.88. The Morgan fingerprint density at radius 1 is 1.06 bits per heavy atom. The molecule has 1 aromatic heterocycles. The molecule has 192 valence electrons. The molecule has 2 aromatic carbocycles. The first-order chi connectivity index (χ1) is 17.2. The van der Waals surface area contributed by atoms with Gasteiger partial charge in [-0.25, -0.2) is 18.0 Å². The van der Waals surface area contributed by atoms with E-state index in [9.17, 15) is 18.4 Å². The molecular formula is C26H28F3N3O3S. The van der Waals surface area contributed by atoms with Crippen LogP contribution in [0.2, 0.25) is 0 Å². The normalized spacial score (nSPS) is 15.2. The zero-order chi connectivity index (χ0) is 26.0. The van der Waals surface area contributed by atoms with Crippen molar-refractivity contribution in [2.45, 2.75) is 38.9 Å². The molecule has 1 saturated heterocycles. The quantitative estimate of drug-likeness (QED) is 0.512. The zero-order valence-corrected chi connectivity index (χ0v) is 20.9. The highest BCUT2D eigenvalue weighted by Crippen LogP contribution is 2.29. The van der Waals surface area contributed by atoms with Gasteiger partial charge in [0.05, 0.1) is 19.2 Å². The van der Waals surface area contributed by atoms with E-state index in [-0.39, 0.29) is 40.6 Å². The van der Waals surface area contributed by atoms with Crippen LogP contribution in [-0.4, -0.2) is 33.8 Å². The second kappa shape index (κ2) is 11.0. The summed E-state index contributed by atoms with van der Waals surface area (Å²) in [6, 6.07) is 7.27. The number of benzene rings is 2. The van der Waals surface area contributed by atoms with Gasteiger partial charge in [0.15, 0.2) is 11.6 Å². The third-order valence-electron chi connectivity index (χ3n) is 6.78. The number of ether oxygens (including phenoxy) is 1. The molecule has 1 atom stereocenters. The topological polar surface area (TPSA) is 79.2 Å². The SMILES string of the molecule is COc1cccc(-c2c(C)n(Cc3c(F)cccc3F)c(=O)n(CC(N)C3CCSCC3)c2=O)c1F. The van der Waals surface area contributed by atoms with Crippen LogP contribution >= 0.6 is 11.8 Å². The molecule has 1 fully saturated rings. The first kappa shape index (κ1) is 26.1. The minimum absolute atomic E-state index is 0.0732. The number of hydrogen-bond donors (Lipinski definition) is 1. The fourth-order valence-corrected chi connectivity index (χ4v) is 5.81. The van der Waals surface area contributed by atoms with Crippen molar-refractivity contribution in [3.8, 4) is 16.9 Å². The Hall–Kier alpha value is -2.98. The number of nitrogens with two attached hydrogens (primary N) is 1. The molecule has 1 aliphatic rings. The third-order valence-corrected chi connectivity index (χ3v) is 7.83. The maximum atomic E-state index is 15.3. The molecule has 10 heteroatoms. The van der Waals surface area contributed by atoms with Gasteiger partial charge in [0, 0.05) is 29.4 Å². The third kappa shape index (κ3) is 4.97. The summed E-state index contributed by atoms with van der Waals surface area (Å²) >= 11 is 1.83. The van der Waals surface area contributed by atoms with Crippen LogP contribution in [0.1, 0.15) is 24.1 Å². The Bertz CT molecular complexity index is 1360. The van der Waals surface area contributed by atoms with E-state index in [4.69, 9.17) is 10.5 Å². The summed E-state index contributed by atoms with van der Waals surface area (Å²) in [7, 11) is 1.30. The Morgan fingerprint density at radius 3 is 2.33 bits per heavy atom. The highest BCUT2D eigenvalue weighted by atomic mass is 32.2. The summed E-state index contributed by atoms with van der Waals surface area (Å²) < 4.78 is 51.4. The van der Waals surface area contributed by atoms with Crippen LogP contribution < -0.4 is 21.7 Å². The molecule has 3 aromatic rings. The lowest BCUT2D eigenvalue weighted by atomic mass is 9.94. The molecule has 0 saturated carbocycles. The van der Waals surface area contributed by atoms with E-state index in [0.717, 1.165) is 45.6 Å². The number of hydrogen-bond acceptors (Lipinski definition) is 5. The van der Waals surface area contributed by atoms with Crippen LogP contribution in [0.3, 0.4) is 0 Å². The predicted molar refractivity (Wildman–Crippen MR) is 135 cm³/mol. The molecule has 4 rings (SSSR count). The van der Waals surface area contributed by atoms with Crippen molar-refractivity contribution in [1.29, 1.82) is 0 Å². The summed E-state index contributed by atoms with van der Waals surface area (Å²) in [4.78, 5) is 27.2. The molecule has 0 bridgehead atoms. The van der Waals surface area contributed by atoms with Crippen LogP contribution in [0, 0.1) is 30.3 Å². The van der Waals surface area contributed by atoms with Gasteiger partial charge in [-0.1, -0.05) is 18.2 Å². The highest BCUT2D eigenvalue weighted by Gasteiger charge is 2.26. The standard InChI is InChI=1S/C26H28F3N3O3S/c1-15-23(17-5-3-8-22(35-2)24(17)29)25(33)32(14-21(30)16-9-11-36-12-10-16)26(34)31(15)13-18-19(27)6-4-7-20(18)28/h3-8,16,21H,9-14,30H2,1-2H3. The molecule has 1 aliphatic heterocycles. The van der Waals surface area contributed by atoms with E-state index in [1.165, 1.54) is 38.3 Å². The number of thioether (sulfide) groups is 1. The molecule has 1 unspecified atom stereocenters. The smallest absolute Gasteiger partial charge is 0.331 e. The number of nitrogens with zero attached hydrogens (tertiary/aromatic N) is 2. The van der Waals surface area contributed by atoms with E-state index in [1.807, 2.05) is 11.8 Å². The predicted octanol–water partition coefficient (Wildman–Crippen LogP) is 3.93. The molecule has 2 N–H and O–H groups in total. The summed E-state index contributed by atoms with van der Waals surface area (Å²) in [6.45, 7) is 0.890. The molecule has 0 radical (unpaired) electrons. The maximum Gasteiger partial charge on any atom is 0.331 e. The van der Waals surface area contributed by atoms with Crippen molar-refractivity contribution in [2.75, 3.05) is 18.6 Å². The molecule has 2 heterocycles. The maximum absolute atomic E-state index is 15.3. The minimum Gasteiger partial charge on any atom is -0.494 e. The first-order valence-corrected chi connectivity index (χ1v) is 12.8. The lowest BCUT2D eigenvalue weighted by Crippen LogP contribution is -2.48. The average Bonchev–Trinajstić information content (AvgIpc) is 2.87. The van der Waals surface area contributed by atoms with Gasteiger partial charge in [-0.05, 0) is 55.4 Å². The van der Waals surface area contributed by atoms with Gasteiger partial charge in [0.25, 0.3) is 5.56 Å². The van der Waals surface area contributed by atoms with Crippen LogP contribution in [-0.2, 0) is 13.1 Å². The van der Waals surface area contributed by atoms with Crippen LogP contribution in [0.25, 0.3) is 11.1 Å². The number of methoxy groups -OCH3 is 1. The summed E-state index contributed by atoms with van der Waals surface area (Å²) in [5, 5.41) is 0. The highest BCUT2D eigenvalue weighted by molar-refractivity contribution is 7.99.